The molecule has 2 heteroatoms. The molecule has 1 N–H and O–H groups in total. The normalized spacial score (nSPS) is 26.8. The predicted octanol–water partition coefficient (Wildman–Crippen LogP) is 2.25. The number of nitrogens with zero attached hydrogens (tertiary/aromatic N) is 1. The van der Waals surface area contributed by atoms with Gasteiger partial charge in [-0.1, -0.05) is 0 Å². The lowest BCUT2D eigenvalue weighted by Crippen LogP contribution is -2.36. The number of hydrogen-bond acceptors (Lipinski definition) is 2. The maximum atomic E-state index is 3.59. The lowest BCUT2D eigenvalue weighted by molar-refractivity contribution is 0.203. The van der Waals surface area contributed by atoms with Crippen LogP contribution in [0, 0.1) is 5.92 Å². The molecule has 0 aromatic heterocycles. The van der Waals surface area contributed by atoms with Gasteiger partial charge in [0.05, 0.1) is 0 Å². The van der Waals surface area contributed by atoms with Gasteiger partial charge in [0.25, 0.3) is 0 Å². The second-order valence-electron chi connectivity index (χ2n) is 5.61. The van der Waals surface area contributed by atoms with E-state index in [2.05, 4.69) is 24.1 Å². The van der Waals surface area contributed by atoms with Gasteiger partial charge in [0.1, 0.15) is 0 Å². The van der Waals surface area contributed by atoms with Crippen LogP contribution in [-0.2, 0) is 0 Å². The van der Waals surface area contributed by atoms with E-state index < -0.39 is 0 Å². The molecule has 2 nitrogen and oxygen atoms in total. The summed E-state index contributed by atoms with van der Waals surface area (Å²) in [7, 11) is 0. The van der Waals surface area contributed by atoms with Crippen LogP contribution in [-0.4, -0.2) is 36.6 Å². The molecule has 1 saturated heterocycles. The molecule has 0 radical (unpaired) electrons. The Kier molecular flexibility index (Phi) is 4.04. The Hall–Kier alpha value is -0.0800. The molecule has 1 aliphatic heterocycles. The van der Waals surface area contributed by atoms with E-state index >= 15 is 0 Å². The van der Waals surface area contributed by atoms with Crippen molar-refractivity contribution >= 4 is 0 Å². The average molecular weight is 210 g/mol. The second kappa shape index (κ2) is 5.31. The number of hydrogen-bond donors (Lipinski definition) is 1. The Morgan fingerprint density at radius 2 is 2.07 bits per heavy atom. The highest BCUT2D eigenvalue weighted by molar-refractivity contribution is 4.81. The SMILES string of the molecule is CC(C)N(CCC1CCCN1)CC1CC1. The summed E-state index contributed by atoms with van der Waals surface area (Å²) in [5.41, 5.74) is 0. The van der Waals surface area contributed by atoms with Crippen molar-refractivity contribution in [2.45, 2.75) is 58.0 Å². The van der Waals surface area contributed by atoms with Gasteiger partial charge in [-0.25, -0.2) is 0 Å². The van der Waals surface area contributed by atoms with Crippen molar-refractivity contribution < 1.29 is 0 Å². The highest BCUT2D eigenvalue weighted by Gasteiger charge is 2.25. The topological polar surface area (TPSA) is 15.3 Å². The average Bonchev–Trinajstić information content (AvgIpc) is 2.87. The van der Waals surface area contributed by atoms with Crippen molar-refractivity contribution in [1.29, 1.82) is 0 Å². The summed E-state index contributed by atoms with van der Waals surface area (Å²) in [6.45, 7) is 8.57. The van der Waals surface area contributed by atoms with Crippen molar-refractivity contribution in [1.82, 2.24) is 10.2 Å². The summed E-state index contributed by atoms with van der Waals surface area (Å²) in [6, 6.07) is 1.54. The van der Waals surface area contributed by atoms with Gasteiger partial charge in [-0.05, 0) is 65.0 Å². The molecular formula is C13H26N2. The van der Waals surface area contributed by atoms with Crippen LogP contribution in [0.25, 0.3) is 0 Å². The molecule has 0 bridgehead atoms. The molecule has 0 spiro atoms. The summed E-state index contributed by atoms with van der Waals surface area (Å²) < 4.78 is 0. The highest BCUT2D eigenvalue weighted by Crippen LogP contribution is 2.30. The molecular weight excluding hydrogens is 184 g/mol. The molecule has 0 aromatic carbocycles. The van der Waals surface area contributed by atoms with Gasteiger partial charge in [0.2, 0.25) is 0 Å². The zero-order valence-corrected chi connectivity index (χ0v) is 10.3. The summed E-state index contributed by atoms with van der Waals surface area (Å²) in [4.78, 5) is 2.68. The van der Waals surface area contributed by atoms with Gasteiger partial charge in [0, 0.05) is 18.6 Å². The summed E-state index contributed by atoms with van der Waals surface area (Å²) in [5, 5.41) is 3.59. The van der Waals surface area contributed by atoms with E-state index in [0.29, 0.717) is 0 Å². The minimum absolute atomic E-state index is 0.729. The van der Waals surface area contributed by atoms with E-state index in [4.69, 9.17) is 0 Å². The summed E-state index contributed by atoms with van der Waals surface area (Å²) >= 11 is 0. The number of rotatable bonds is 6. The molecule has 1 heterocycles. The Balaban J connectivity index is 1.67. The van der Waals surface area contributed by atoms with Crippen LogP contribution < -0.4 is 5.32 Å². The minimum atomic E-state index is 0.729. The monoisotopic (exact) mass is 210 g/mol. The highest BCUT2D eigenvalue weighted by atomic mass is 15.2. The van der Waals surface area contributed by atoms with E-state index in [0.717, 1.165) is 18.0 Å². The minimum Gasteiger partial charge on any atom is -0.314 e. The Labute approximate surface area is 94.4 Å². The maximum absolute atomic E-state index is 3.59. The van der Waals surface area contributed by atoms with E-state index in [1.54, 1.807) is 0 Å². The largest absolute Gasteiger partial charge is 0.314 e. The summed E-state index contributed by atoms with van der Waals surface area (Å²) in [5.74, 6) is 1.03. The third kappa shape index (κ3) is 3.76. The van der Waals surface area contributed by atoms with Crippen molar-refractivity contribution in [2.75, 3.05) is 19.6 Å². The first kappa shape index (κ1) is 11.4. The van der Waals surface area contributed by atoms with Crippen LogP contribution in [0.15, 0.2) is 0 Å². The van der Waals surface area contributed by atoms with Crippen molar-refractivity contribution in [3.05, 3.63) is 0 Å². The zero-order valence-electron chi connectivity index (χ0n) is 10.3. The molecule has 2 aliphatic rings. The lowest BCUT2D eigenvalue weighted by atomic mass is 10.1. The lowest BCUT2D eigenvalue weighted by Gasteiger charge is -2.27. The van der Waals surface area contributed by atoms with E-state index in [-0.39, 0.29) is 0 Å². The molecule has 2 rings (SSSR count). The first-order chi connectivity index (χ1) is 7.25. The zero-order chi connectivity index (χ0) is 10.7. The molecule has 88 valence electrons. The molecule has 1 unspecified atom stereocenters. The molecule has 0 amide bonds. The van der Waals surface area contributed by atoms with Crippen LogP contribution in [0.4, 0.5) is 0 Å². The van der Waals surface area contributed by atoms with Gasteiger partial charge < -0.3 is 10.2 Å². The fourth-order valence-corrected chi connectivity index (χ4v) is 2.52. The Morgan fingerprint density at radius 3 is 2.60 bits per heavy atom. The fraction of sp³-hybridized carbons (Fsp3) is 1.00. The molecule has 1 aliphatic carbocycles. The first-order valence-electron chi connectivity index (χ1n) is 6.73. The van der Waals surface area contributed by atoms with Crippen LogP contribution in [0.2, 0.25) is 0 Å². The third-order valence-corrected chi connectivity index (χ3v) is 3.85. The molecule has 2 fully saturated rings. The van der Waals surface area contributed by atoms with E-state index in [1.165, 1.54) is 51.7 Å². The predicted molar refractivity (Wildman–Crippen MR) is 65.1 cm³/mol. The van der Waals surface area contributed by atoms with Gasteiger partial charge in [0.15, 0.2) is 0 Å². The standard InChI is InChI=1S/C13H26N2/c1-11(2)15(10-12-5-6-12)9-7-13-4-3-8-14-13/h11-14H,3-10H2,1-2H3. The van der Waals surface area contributed by atoms with E-state index in [9.17, 15) is 0 Å². The molecule has 1 atom stereocenters. The Bertz CT molecular complexity index is 181. The van der Waals surface area contributed by atoms with Crippen molar-refractivity contribution in [3.8, 4) is 0 Å². The fourth-order valence-electron chi connectivity index (χ4n) is 2.52. The van der Waals surface area contributed by atoms with Gasteiger partial charge >= 0.3 is 0 Å². The van der Waals surface area contributed by atoms with Gasteiger partial charge in [-0.2, -0.15) is 0 Å². The van der Waals surface area contributed by atoms with Crippen LogP contribution in [0.3, 0.4) is 0 Å². The number of nitrogens with one attached hydrogen (secondary N) is 1. The molecule has 1 saturated carbocycles. The summed E-state index contributed by atoms with van der Waals surface area (Å²) in [6.07, 6.45) is 7.09. The third-order valence-electron chi connectivity index (χ3n) is 3.85. The van der Waals surface area contributed by atoms with Crippen molar-refractivity contribution in [3.63, 3.8) is 0 Å². The molecule has 0 aromatic rings. The maximum Gasteiger partial charge on any atom is 0.00797 e. The van der Waals surface area contributed by atoms with Crippen LogP contribution in [0.5, 0.6) is 0 Å². The van der Waals surface area contributed by atoms with Crippen LogP contribution >= 0.6 is 0 Å². The van der Waals surface area contributed by atoms with Crippen LogP contribution in [0.1, 0.15) is 46.0 Å². The van der Waals surface area contributed by atoms with Gasteiger partial charge in [-0.3, -0.25) is 0 Å². The quantitative estimate of drug-likeness (QED) is 0.723. The van der Waals surface area contributed by atoms with E-state index in [1.807, 2.05) is 0 Å². The molecule has 15 heavy (non-hydrogen) atoms. The first-order valence-corrected chi connectivity index (χ1v) is 6.73. The van der Waals surface area contributed by atoms with Gasteiger partial charge in [-0.15, -0.1) is 0 Å². The van der Waals surface area contributed by atoms with Crippen molar-refractivity contribution in [2.24, 2.45) is 5.92 Å². The smallest absolute Gasteiger partial charge is 0.00797 e. The second-order valence-corrected chi connectivity index (χ2v) is 5.61. The Morgan fingerprint density at radius 1 is 1.27 bits per heavy atom.